The summed E-state index contributed by atoms with van der Waals surface area (Å²) in [5.74, 6) is 2.98. The van der Waals surface area contributed by atoms with E-state index in [-0.39, 0.29) is 4.75 Å². The zero-order chi connectivity index (χ0) is 13.9. The van der Waals surface area contributed by atoms with Gasteiger partial charge in [0, 0.05) is 22.5 Å². The Kier molecular flexibility index (Phi) is 4.71. The van der Waals surface area contributed by atoms with Crippen LogP contribution in [0.1, 0.15) is 57.6 Å². The first-order valence-electron chi connectivity index (χ1n) is 7.26. The van der Waals surface area contributed by atoms with Gasteiger partial charge in [-0.15, -0.1) is 11.8 Å². The average Bonchev–Trinajstić information content (AvgIpc) is 2.80. The summed E-state index contributed by atoms with van der Waals surface area (Å²) < 4.78 is 0.263. The molecule has 1 N–H and O–H groups in total. The Balaban J connectivity index is 2.16. The number of hydrogen-bond donors (Lipinski definition) is 1. The van der Waals surface area contributed by atoms with Crippen LogP contribution in [0.15, 0.2) is 0 Å². The molecule has 1 heterocycles. The fourth-order valence-corrected chi connectivity index (χ4v) is 2.91. The lowest BCUT2D eigenvalue weighted by molar-refractivity contribution is 0.799. The molecule has 106 valence electrons. The molecule has 1 aromatic rings. The van der Waals surface area contributed by atoms with Crippen LogP contribution in [0.5, 0.6) is 0 Å². The summed E-state index contributed by atoms with van der Waals surface area (Å²) in [5, 5.41) is 3.47. The minimum Gasteiger partial charge on any atom is -0.370 e. The van der Waals surface area contributed by atoms with Crippen molar-refractivity contribution >= 4 is 17.6 Å². The number of rotatable bonds is 5. The minimum absolute atomic E-state index is 0.263. The monoisotopic (exact) mass is 279 g/mol. The number of aryl methyl sites for hydroxylation is 1. The van der Waals surface area contributed by atoms with Crippen LogP contribution in [-0.4, -0.2) is 21.3 Å². The van der Waals surface area contributed by atoms with E-state index in [0.717, 1.165) is 43.2 Å². The van der Waals surface area contributed by atoms with E-state index < -0.39 is 0 Å². The van der Waals surface area contributed by atoms with Crippen LogP contribution in [0, 0.1) is 0 Å². The molecule has 0 radical (unpaired) electrons. The molecular weight excluding hydrogens is 254 g/mol. The molecule has 0 saturated heterocycles. The minimum atomic E-state index is 0.263. The lowest BCUT2D eigenvalue weighted by Crippen LogP contribution is -2.12. The maximum Gasteiger partial charge on any atom is 0.140 e. The smallest absolute Gasteiger partial charge is 0.140 e. The SMILES string of the molecule is CCCNc1nc(CSC(C)(C)C)nc2c1CCC2. The van der Waals surface area contributed by atoms with Gasteiger partial charge in [0.15, 0.2) is 0 Å². The van der Waals surface area contributed by atoms with Crippen LogP contribution in [0.25, 0.3) is 0 Å². The maximum absolute atomic E-state index is 4.75. The van der Waals surface area contributed by atoms with Gasteiger partial charge >= 0.3 is 0 Å². The molecular formula is C15H25N3S. The third-order valence-electron chi connectivity index (χ3n) is 3.16. The van der Waals surface area contributed by atoms with Crippen molar-refractivity contribution in [3.8, 4) is 0 Å². The van der Waals surface area contributed by atoms with Crippen LogP contribution < -0.4 is 5.32 Å². The van der Waals surface area contributed by atoms with Crippen molar-refractivity contribution < 1.29 is 0 Å². The summed E-state index contributed by atoms with van der Waals surface area (Å²) in [5.41, 5.74) is 2.64. The first-order valence-corrected chi connectivity index (χ1v) is 8.24. The van der Waals surface area contributed by atoms with E-state index in [0.29, 0.717) is 0 Å². The second-order valence-corrected chi connectivity index (χ2v) is 7.90. The Morgan fingerprint density at radius 3 is 2.68 bits per heavy atom. The van der Waals surface area contributed by atoms with Crippen LogP contribution >= 0.6 is 11.8 Å². The number of nitrogens with one attached hydrogen (secondary N) is 1. The molecule has 0 unspecified atom stereocenters. The molecule has 0 fully saturated rings. The molecule has 1 aromatic heterocycles. The van der Waals surface area contributed by atoms with Gasteiger partial charge < -0.3 is 5.32 Å². The third-order valence-corrected chi connectivity index (χ3v) is 4.42. The van der Waals surface area contributed by atoms with Gasteiger partial charge in [-0.2, -0.15) is 0 Å². The summed E-state index contributed by atoms with van der Waals surface area (Å²) in [6, 6.07) is 0. The average molecular weight is 279 g/mol. The fraction of sp³-hybridized carbons (Fsp3) is 0.733. The summed E-state index contributed by atoms with van der Waals surface area (Å²) in [6.07, 6.45) is 4.60. The summed E-state index contributed by atoms with van der Waals surface area (Å²) in [6.45, 7) is 9.89. The number of anilines is 1. The molecule has 0 atom stereocenters. The molecule has 0 bridgehead atoms. The topological polar surface area (TPSA) is 37.8 Å². The van der Waals surface area contributed by atoms with E-state index >= 15 is 0 Å². The maximum atomic E-state index is 4.75. The van der Waals surface area contributed by atoms with Crippen molar-refractivity contribution in [1.82, 2.24) is 9.97 Å². The highest BCUT2D eigenvalue weighted by molar-refractivity contribution is 7.99. The lowest BCUT2D eigenvalue weighted by atomic mass is 10.2. The number of hydrogen-bond acceptors (Lipinski definition) is 4. The second-order valence-electron chi connectivity index (χ2n) is 6.10. The molecule has 1 aliphatic carbocycles. The number of nitrogens with zero attached hydrogens (tertiary/aromatic N) is 2. The molecule has 4 heteroatoms. The number of fused-ring (bicyclic) bond motifs is 1. The molecule has 0 aromatic carbocycles. The first kappa shape index (κ1) is 14.6. The van der Waals surface area contributed by atoms with E-state index in [1.54, 1.807) is 0 Å². The summed E-state index contributed by atoms with van der Waals surface area (Å²) in [7, 11) is 0. The van der Waals surface area contributed by atoms with Crippen molar-refractivity contribution in [2.75, 3.05) is 11.9 Å². The van der Waals surface area contributed by atoms with Gasteiger partial charge in [-0.25, -0.2) is 9.97 Å². The summed E-state index contributed by atoms with van der Waals surface area (Å²) in [4.78, 5) is 9.50. The van der Waals surface area contributed by atoms with Crippen LogP contribution in [0.4, 0.5) is 5.82 Å². The van der Waals surface area contributed by atoms with E-state index in [2.05, 4.69) is 33.0 Å². The molecule has 2 rings (SSSR count). The van der Waals surface area contributed by atoms with Crippen molar-refractivity contribution in [3.63, 3.8) is 0 Å². The zero-order valence-corrected chi connectivity index (χ0v) is 13.4. The second kappa shape index (κ2) is 6.12. The van der Waals surface area contributed by atoms with Crippen molar-refractivity contribution in [1.29, 1.82) is 0 Å². The highest BCUT2D eigenvalue weighted by atomic mass is 32.2. The standard InChI is InChI=1S/C15H25N3S/c1-5-9-16-14-11-7-6-8-12(11)17-13(18-14)10-19-15(2,3)4/h5-10H2,1-4H3,(H,16,17,18). The van der Waals surface area contributed by atoms with Gasteiger partial charge in [-0.3, -0.25) is 0 Å². The molecule has 1 aliphatic rings. The predicted octanol–water partition coefficient (Wildman–Crippen LogP) is 3.82. The third kappa shape index (κ3) is 4.10. The fourth-order valence-electron chi connectivity index (χ4n) is 2.22. The van der Waals surface area contributed by atoms with E-state index in [4.69, 9.17) is 9.97 Å². The highest BCUT2D eigenvalue weighted by Gasteiger charge is 2.20. The molecule has 3 nitrogen and oxygen atoms in total. The van der Waals surface area contributed by atoms with Crippen LogP contribution in [0.2, 0.25) is 0 Å². The van der Waals surface area contributed by atoms with Gasteiger partial charge in [0.25, 0.3) is 0 Å². The Hall–Kier alpha value is -0.770. The predicted molar refractivity (Wildman–Crippen MR) is 83.9 cm³/mol. The van der Waals surface area contributed by atoms with Crippen LogP contribution in [-0.2, 0) is 18.6 Å². The van der Waals surface area contributed by atoms with E-state index in [1.165, 1.54) is 17.7 Å². The summed E-state index contributed by atoms with van der Waals surface area (Å²) >= 11 is 1.91. The quantitative estimate of drug-likeness (QED) is 0.889. The molecule has 0 spiro atoms. The van der Waals surface area contributed by atoms with E-state index in [9.17, 15) is 0 Å². The Morgan fingerprint density at radius 1 is 1.21 bits per heavy atom. The zero-order valence-electron chi connectivity index (χ0n) is 12.5. The molecule has 0 amide bonds. The Morgan fingerprint density at radius 2 is 2.00 bits per heavy atom. The largest absolute Gasteiger partial charge is 0.370 e. The van der Waals surface area contributed by atoms with Crippen molar-refractivity contribution in [3.05, 3.63) is 17.1 Å². The highest BCUT2D eigenvalue weighted by Crippen LogP contribution is 2.30. The van der Waals surface area contributed by atoms with E-state index in [1.807, 2.05) is 11.8 Å². The Bertz CT molecular complexity index is 438. The van der Waals surface area contributed by atoms with Gasteiger partial charge in [-0.05, 0) is 25.7 Å². The van der Waals surface area contributed by atoms with Crippen molar-refractivity contribution in [2.45, 2.75) is 63.9 Å². The molecule has 19 heavy (non-hydrogen) atoms. The Labute approximate surface area is 121 Å². The first-order chi connectivity index (χ1) is 8.99. The van der Waals surface area contributed by atoms with Crippen LogP contribution in [0.3, 0.4) is 0 Å². The molecule has 0 saturated carbocycles. The van der Waals surface area contributed by atoms with Gasteiger partial charge in [0.05, 0.1) is 5.75 Å². The lowest BCUT2D eigenvalue weighted by Gasteiger charge is -2.18. The molecule has 0 aliphatic heterocycles. The number of aromatic nitrogens is 2. The van der Waals surface area contributed by atoms with Gasteiger partial charge in [0.2, 0.25) is 0 Å². The van der Waals surface area contributed by atoms with Gasteiger partial charge in [-0.1, -0.05) is 27.7 Å². The number of thioether (sulfide) groups is 1. The van der Waals surface area contributed by atoms with Crippen molar-refractivity contribution in [2.24, 2.45) is 0 Å². The van der Waals surface area contributed by atoms with Gasteiger partial charge in [0.1, 0.15) is 11.6 Å². The normalized spacial score (nSPS) is 14.5.